The van der Waals surface area contributed by atoms with Gasteiger partial charge in [-0.15, -0.1) is 0 Å². The van der Waals surface area contributed by atoms with E-state index in [1.54, 1.807) is 6.33 Å². The number of nitrogens with zero attached hydrogens (tertiary/aromatic N) is 4. The number of hydrogen-bond acceptors (Lipinski definition) is 6. The van der Waals surface area contributed by atoms with Gasteiger partial charge in [0, 0.05) is 32.2 Å². The minimum atomic E-state index is 0.366. The Balaban J connectivity index is 1.22. The van der Waals surface area contributed by atoms with Crippen molar-refractivity contribution in [1.29, 1.82) is 0 Å². The molecule has 3 N–H and O–H groups in total. The van der Waals surface area contributed by atoms with Crippen LogP contribution in [0.3, 0.4) is 0 Å². The zero-order valence-corrected chi connectivity index (χ0v) is 17.5. The molecule has 1 fully saturated rings. The van der Waals surface area contributed by atoms with Crippen molar-refractivity contribution in [2.24, 2.45) is 0 Å². The summed E-state index contributed by atoms with van der Waals surface area (Å²) in [6, 6.07) is 21.3. The molecule has 0 amide bonds. The minimum absolute atomic E-state index is 0.366. The molecule has 1 aliphatic rings. The van der Waals surface area contributed by atoms with Crippen LogP contribution in [-0.2, 0) is 13.1 Å². The standard InChI is InChI=1S/C24H27N7/c1-3-7-18(8-4-1)15-25-22-21-23(27-17-26-21)30-24(29-22)28-20-11-13-31(14-12-20)16-19-9-5-2-6-10-19/h1-10,17,20H,11-16H2,(H3,25,26,27,28,29,30). The maximum absolute atomic E-state index is 4.75. The molecule has 1 aliphatic heterocycles. The summed E-state index contributed by atoms with van der Waals surface area (Å²) in [5.74, 6) is 1.41. The van der Waals surface area contributed by atoms with E-state index in [4.69, 9.17) is 4.98 Å². The Morgan fingerprint density at radius 3 is 2.35 bits per heavy atom. The number of nitrogens with one attached hydrogen (secondary N) is 3. The van der Waals surface area contributed by atoms with Crippen LogP contribution in [-0.4, -0.2) is 44.0 Å². The van der Waals surface area contributed by atoms with Gasteiger partial charge in [0.2, 0.25) is 5.95 Å². The molecule has 3 heterocycles. The highest BCUT2D eigenvalue weighted by Crippen LogP contribution is 2.22. The van der Waals surface area contributed by atoms with Gasteiger partial charge in [0.1, 0.15) is 5.52 Å². The average molecular weight is 414 g/mol. The van der Waals surface area contributed by atoms with Crippen LogP contribution >= 0.6 is 0 Å². The molecule has 158 valence electrons. The van der Waals surface area contributed by atoms with Crippen LogP contribution < -0.4 is 10.6 Å². The summed E-state index contributed by atoms with van der Waals surface area (Å²) in [5, 5.41) is 6.97. The number of aromatic nitrogens is 4. The van der Waals surface area contributed by atoms with Gasteiger partial charge in [-0.1, -0.05) is 60.7 Å². The predicted octanol–water partition coefficient (Wildman–Crippen LogP) is 4.04. The second-order valence-electron chi connectivity index (χ2n) is 8.02. The van der Waals surface area contributed by atoms with E-state index in [0.717, 1.165) is 43.8 Å². The summed E-state index contributed by atoms with van der Waals surface area (Å²) in [7, 11) is 0. The number of benzene rings is 2. The number of imidazole rings is 1. The smallest absolute Gasteiger partial charge is 0.227 e. The Morgan fingerprint density at radius 1 is 0.903 bits per heavy atom. The van der Waals surface area contributed by atoms with E-state index in [2.05, 4.69) is 72.9 Å². The number of piperidine rings is 1. The molecule has 2 aromatic heterocycles. The summed E-state index contributed by atoms with van der Waals surface area (Å²) in [6.07, 6.45) is 3.81. The molecule has 31 heavy (non-hydrogen) atoms. The van der Waals surface area contributed by atoms with E-state index in [0.29, 0.717) is 24.2 Å². The SMILES string of the molecule is c1ccc(CNc2nc(NC3CCN(Cc4ccccc4)CC3)nc3nc[nH]c23)cc1. The quantitative estimate of drug-likeness (QED) is 0.424. The van der Waals surface area contributed by atoms with Gasteiger partial charge < -0.3 is 15.6 Å². The zero-order chi connectivity index (χ0) is 20.9. The van der Waals surface area contributed by atoms with Gasteiger partial charge in [-0.25, -0.2) is 4.98 Å². The van der Waals surface area contributed by atoms with Gasteiger partial charge in [-0.2, -0.15) is 9.97 Å². The zero-order valence-electron chi connectivity index (χ0n) is 17.5. The summed E-state index contributed by atoms with van der Waals surface area (Å²) >= 11 is 0. The molecule has 0 atom stereocenters. The monoisotopic (exact) mass is 413 g/mol. The molecule has 4 aromatic rings. The molecule has 0 spiro atoms. The first-order valence-electron chi connectivity index (χ1n) is 10.9. The molecule has 0 saturated carbocycles. The largest absolute Gasteiger partial charge is 0.364 e. The summed E-state index contributed by atoms with van der Waals surface area (Å²) < 4.78 is 0. The van der Waals surface area contributed by atoms with Crippen LogP contribution in [0.1, 0.15) is 24.0 Å². The first-order chi connectivity index (χ1) is 15.3. The molecule has 1 saturated heterocycles. The number of hydrogen-bond donors (Lipinski definition) is 3. The van der Waals surface area contributed by atoms with Crippen molar-refractivity contribution < 1.29 is 0 Å². The molecule has 0 aliphatic carbocycles. The molecule has 0 bridgehead atoms. The predicted molar refractivity (Wildman–Crippen MR) is 124 cm³/mol. The Labute approximate surface area is 182 Å². The van der Waals surface area contributed by atoms with Crippen LogP contribution in [0.25, 0.3) is 11.2 Å². The van der Waals surface area contributed by atoms with Gasteiger partial charge in [0.25, 0.3) is 0 Å². The van der Waals surface area contributed by atoms with E-state index >= 15 is 0 Å². The van der Waals surface area contributed by atoms with E-state index < -0.39 is 0 Å². The summed E-state index contributed by atoms with van der Waals surface area (Å²) in [5.41, 5.74) is 4.08. The first kappa shape index (κ1) is 19.5. The van der Waals surface area contributed by atoms with Crippen molar-refractivity contribution in [3.05, 3.63) is 78.1 Å². The maximum Gasteiger partial charge on any atom is 0.227 e. The molecule has 2 aromatic carbocycles. The topological polar surface area (TPSA) is 81.8 Å². The van der Waals surface area contributed by atoms with Crippen molar-refractivity contribution in [3.8, 4) is 0 Å². The maximum atomic E-state index is 4.75. The number of aromatic amines is 1. The Hall–Kier alpha value is -3.45. The van der Waals surface area contributed by atoms with Crippen LogP contribution in [0.5, 0.6) is 0 Å². The van der Waals surface area contributed by atoms with Crippen LogP contribution in [0.2, 0.25) is 0 Å². The molecular formula is C24H27N7. The lowest BCUT2D eigenvalue weighted by molar-refractivity contribution is 0.211. The number of rotatable bonds is 7. The molecule has 0 radical (unpaired) electrons. The van der Waals surface area contributed by atoms with E-state index in [1.807, 2.05) is 18.2 Å². The number of anilines is 2. The summed E-state index contributed by atoms with van der Waals surface area (Å²) in [4.78, 5) is 19.4. The highest BCUT2D eigenvalue weighted by Gasteiger charge is 2.20. The molecule has 7 nitrogen and oxygen atoms in total. The van der Waals surface area contributed by atoms with Crippen molar-refractivity contribution >= 4 is 22.9 Å². The molecule has 0 unspecified atom stereocenters. The van der Waals surface area contributed by atoms with E-state index in [9.17, 15) is 0 Å². The first-order valence-corrected chi connectivity index (χ1v) is 10.9. The van der Waals surface area contributed by atoms with Crippen LogP contribution in [0, 0.1) is 0 Å². The third-order valence-electron chi connectivity index (χ3n) is 5.76. The van der Waals surface area contributed by atoms with E-state index in [-0.39, 0.29) is 0 Å². The second kappa shape index (κ2) is 9.14. The fourth-order valence-corrected chi connectivity index (χ4v) is 4.07. The van der Waals surface area contributed by atoms with Gasteiger partial charge in [0.05, 0.1) is 6.33 Å². The van der Waals surface area contributed by atoms with Crippen molar-refractivity contribution in [2.75, 3.05) is 23.7 Å². The van der Waals surface area contributed by atoms with Gasteiger partial charge >= 0.3 is 0 Å². The van der Waals surface area contributed by atoms with Crippen molar-refractivity contribution in [3.63, 3.8) is 0 Å². The lowest BCUT2D eigenvalue weighted by atomic mass is 10.0. The number of likely N-dealkylation sites (tertiary alicyclic amines) is 1. The van der Waals surface area contributed by atoms with Crippen LogP contribution in [0.15, 0.2) is 67.0 Å². The van der Waals surface area contributed by atoms with Crippen LogP contribution in [0.4, 0.5) is 11.8 Å². The second-order valence-corrected chi connectivity index (χ2v) is 8.02. The Morgan fingerprint density at radius 2 is 1.61 bits per heavy atom. The molecular weight excluding hydrogens is 386 g/mol. The Bertz CT molecular complexity index is 1100. The lowest BCUT2D eigenvalue weighted by Gasteiger charge is -2.32. The lowest BCUT2D eigenvalue weighted by Crippen LogP contribution is -2.39. The molecule has 7 heteroatoms. The fourth-order valence-electron chi connectivity index (χ4n) is 4.07. The third kappa shape index (κ3) is 4.83. The third-order valence-corrected chi connectivity index (χ3v) is 5.76. The molecule has 5 rings (SSSR count). The fraction of sp³-hybridized carbons (Fsp3) is 0.292. The van der Waals surface area contributed by atoms with Gasteiger partial charge in [-0.3, -0.25) is 4.90 Å². The van der Waals surface area contributed by atoms with Gasteiger partial charge in [-0.05, 0) is 24.0 Å². The highest BCUT2D eigenvalue weighted by molar-refractivity contribution is 5.83. The normalized spacial score (nSPS) is 15.2. The summed E-state index contributed by atoms with van der Waals surface area (Å²) in [6.45, 7) is 3.84. The van der Waals surface area contributed by atoms with E-state index in [1.165, 1.54) is 11.1 Å². The Kier molecular flexibility index (Phi) is 5.75. The minimum Gasteiger partial charge on any atom is -0.364 e. The number of H-pyrrole nitrogens is 1. The number of fused-ring (bicyclic) bond motifs is 1. The highest BCUT2D eigenvalue weighted by atomic mass is 15.2. The van der Waals surface area contributed by atoms with Crippen molar-refractivity contribution in [2.45, 2.75) is 32.0 Å². The average Bonchev–Trinajstić information content (AvgIpc) is 3.29. The van der Waals surface area contributed by atoms with Crippen molar-refractivity contribution in [1.82, 2.24) is 24.8 Å². The van der Waals surface area contributed by atoms with Gasteiger partial charge in [0.15, 0.2) is 11.5 Å².